The van der Waals surface area contributed by atoms with Gasteiger partial charge in [-0.15, -0.1) is 10.2 Å². The lowest BCUT2D eigenvalue weighted by Crippen LogP contribution is -2.14. The van der Waals surface area contributed by atoms with Crippen LogP contribution < -0.4 is 0 Å². The van der Waals surface area contributed by atoms with Crippen LogP contribution in [0.5, 0.6) is 0 Å². The molecule has 2 aromatic heterocycles. The molecule has 104 valence electrons. The third-order valence-corrected chi connectivity index (χ3v) is 3.16. The van der Waals surface area contributed by atoms with Gasteiger partial charge in [-0.05, 0) is 0 Å². The second kappa shape index (κ2) is 3.62. The zero-order chi connectivity index (χ0) is 14.8. The average Bonchev–Trinajstić information content (AvgIpc) is 2.98. The monoisotopic (exact) mass is 291 g/mol. The minimum absolute atomic E-state index is 0.00942. The van der Waals surface area contributed by atoms with Gasteiger partial charge in [-0.2, -0.15) is 22.8 Å². The smallest absolute Gasteiger partial charge is 0.287 e. The van der Waals surface area contributed by atoms with Crippen LogP contribution in [-0.4, -0.2) is 30.6 Å². The van der Waals surface area contributed by atoms with Gasteiger partial charge in [0.1, 0.15) is 11.4 Å². The Morgan fingerprint density at radius 2 is 1.71 bits per heavy atom. The van der Waals surface area contributed by atoms with Crippen LogP contribution in [-0.2, 0) is 6.18 Å². The minimum Gasteiger partial charge on any atom is -0.287 e. The van der Waals surface area contributed by atoms with Crippen LogP contribution in [0.1, 0.15) is 21.9 Å². The van der Waals surface area contributed by atoms with Crippen LogP contribution in [0.4, 0.5) is 13.2 Å². The van der Waals surface area contributed by atoms with Crippen LogP contribution in [0, 0.1) is 0 Å². The number of carbonyl (C=O) groups excluding carboxylic acids is 1. The maximum Gasteiger partial charge on any atom is 0.453 e. The van der Waals surface area contributed by atoms with E-state index < -0.39 is 12.0 Å². The number of carbonyl (C=O) groups is 1. The first-order valence-corrected chi connectivity index (χ1v) is 5.81. The Hall–Kier alpha value is -2.84. The predicted octanol–water partition coefficient (Wildman–Crippen LogP) is 1.75. The van der Waals surface area contributed by atoms with Crippen molar-refractivity contribution in [3.63, 3.8) is 0 Å². The number of rotatable bonds is 0. The number of ketones is 1. The lowest BCUT2D eigenvalue weighted by molar-refractivity contribution is -0.146. The first-order valence-electron chi connectivity index (χ1n) is 5.81. The standard InChI is InChI=1S/C12H4F3N5O/c13-12(14,15)10-17-18-11-16-8-7(19-20(10)11)5-3-1-2-4-6(5)9(8)21/h1-4H. The Morgan fingerprint density at radius 3 is 2.43 bits per heavy atom. The highest BCUT2D eigenvalue weighted by atomic mass is 19.4. The van der Waals surface area contributed by atoms with Crippen LogP contribution in [0.25, 0.3) is 17.0 Å². The van der Waals surface area contributed by atoms with Crippen molar-refractivity contribution in [2.75, 3.05) is 0 Å². The third-order valence-electron chi connectivity index (χ3n) is 3.16. The predicted molar refractivity (Wildman–Crippen MR) is 62.4 cm³/mol. The lowest BCUT2D eigenvalue weighted by Gasteiger charge is -2.04. The normalized spacial score (nSPS) is 13.6. The zero-order valence-corrected chi connectivity index (χ0v) is 10.1. The van der Waals surface area contributed by atoms with E-state index in [9.17, 15) is 18.0 Å². The molecule has 0 amide bonds. The molecular weight excluding hydrogens is 287 g/mol. The van der Waals surface area contributed by atoms with Gasteiger partial charge in [-0.1, -0.05) is 24.3 Å². The molecule has 4 rings (SSSR count). The number of halogens is 3. The molecule has 3 aromatic rings. The molecular formula is C12H4F3N5O. The van der Waals surface area contributed by atoms with Crippen molar-refractivity contribution in [2.24, 2.45) is 0 Å². The summed E-state index contributed by atoms with van der Waals surface area (Å²) >= 11 is 0. The summed E-state index contributed by atoms with van der Waals surface area (Å²) in [6, 6.07) is 6.52. The first kappa shape index (κ1) is 11.9. The molecule has 0 unspecified atom stereocenters. The van der Waals surface area contributed by atoms with Gasteiger partial charge in [0.05, 0.1) is 0 Å². The largest absolute Gasteiger partial charge is 0.453 e. The summed E-state index contributed by atoms with van der Waals surface area (Å²) in [5.41, 5.74) is 0.911. The van der Waals surface area contributed by atoms with E-state index in [1.165, 1.54) is 0 Å². The number of fused-ring (bicyclic) bond motifs is 4. The molecule has 0 fully saturated rings. The van der Waals surface area contributed by atoms with Crippen LogP contribution in [0.15, 0.2) is 24.3 Å². The molecule has 0 saturated carbocycles. The summed E-state index contributed by atoms with van der Waals surface area (Å²) in [7, 11) is 0. The van der Waals surface area contributed by atoms with Gasteiger partial charge in [-0.3, -0.25) is 4.79 Å². The quantitative estimate of drug-likeness (QED) is 0.493. The molecule has 21 heavy (non-hydrogen) atoms. The lowest BCUT2D eigenvalue weighted by atomic mass is 10.1. The van der Waals surface area contributed by atoms with Crippen LogP contribution in [0.2, 0.25) is 0 Å². The molecule has 0 atom stereocenters. The van der Waals surface area contributed by atoms with Crippen molar-refractivity contribution in [3.05, 3.63) is 41.3 Å². The van der Waals surface area contributed by atoms with Gasteiger partial charge in [0.2, 0.25) is 5.78 Å². The van der Waals surface area contributed by atoms with E-state index in [-0.39, 0.29) is 22.9 Å². The number of benzene rings is 1. The van der Waals surface area contributed by atoms with Gasteiger partial charge >= 0.3 is 6.18 Å². The van der Waals surface area contributed by atoms with E-state index in [2.05, 4.69) is 20.3 Å². The van der Waals surface area contributed by atoms with E-state index >= 15 is 0 Å². The third kappa shape index (κ3) is 1.51. The highest BCUT2D eigenvalue weighted by Gasteiger charge is 2.39. The molecule has 2 heterocycles. The van der Waals surface area contributed by atoms with Crippen molar-refractivity contribution in [1.82, 2.24) is 24.8 Å². The van der Waals surface area contributed by atoms with Crippen molar-refractivity contribution >= 4 is 11.6 Å². The number of aromatic nitrogens is 5. The molecule has 1 aliphatic rings. The van der Waals surface area contributed by atoms with Gasteiger partial charge in [0, 0.05) is 11.1 Å². The van der Waals surface area contributed by atoms with Crippen molar-refractivity contribution in [3.8, 4) is 11.3 Å². The van der Waals surface area contributed by atoms with Crippen molar-refractivity contribution in [2.45, 2.75) is 6.18 Å². The van der Waals surface area contributed by atoms with Gasteiger partial charge in [-0.25, -0.2) is 4.98 Å². The van der Waals surface area contributed by atoms with E-state index in [4.69, 9.17) is 0 Å². The Bertz CT molecular complexity index is 915. The molecule has 6 nitrogen and oxygen atoms in total. The maximum atomic E-state index is 12.8. The second-order valence-corrected chi connectivity index (χ2v) is 4.42. The Morgan fingerprint density at radius 1 is 1.00 bits per heavy atom. The minimum atomic E-state index is -4.70. The van der Waals surface area contributed by atoms with Crippen LogP contribution >= 0.6 is 0 Å². The number of nitrogens with zero attached hydrogens (tertiary/aromatic N) is 5. The molecule has 9 heteroatoms. The average molecular weight is 291 g/mol. The molecule has 0 spiro atoms. The highest BCUT2D eigenvalue weighted by Crippen LogP contribution is 2.34. The van der Waals surface area contributed by atoms with E-state index in [0.717, 1.165) is 0 Å². The molecule has 1 aromatic carbocycles. The van der Waals surface area contributed by atoms with E-state index in [0.29, 0.717) is 15.6 Å². The van der Waals surface area contributed by atoms with E-state index in [1.54, 1.807) is 24.3 Å². The van der Waals surface area contributed by atoms with Crippen LogP contribution in [0.3, 0.4) is 0 Å². The molecule has 0 bridgehead atoms. The highest BCUT2D eigenvalue weighted by molar-refractivity contribution is 6.19. The summed E-state index contributed by atoms with van der Waals surface area (Å²) < 4.78 is 39.0. The molecule has 0 N–H and O–H groups in total. The number of alkyl halides is 3. The number of hydrogen-bond acceptors (Lipinski definition) is 5. The summed E-state index contributed by atoms with van der Waals surface area (Å²) in [4.78, 5) is 16.0. The molecule has 0 radical (unpaired) electrons. The molecule has 0 saturated heterocycles. The fourth-order valence-electron chi connectivity index (χ4n) is 2.27. The second-order valence-electron chi connectivity index (χ2n) is 4.42. The topological polar surface area (TPSA) is 73.0 Å². The summed E-state index contributed by atoms with van der Waals surface area (Å²) in [6.45, 7) is 0. The fraction of sp³-hybridized carbons (Fsp3) is 0.0833. The maximum absolute atomic E-state index is 12.8. The zero-order valence-electron chi connectivity index (χ0n) is 10.1. The summed E-state index contributed by atoms with van der Waals surface area (Å²) in [5.74, 6) is -2.01. The van der Waals surface area contributed by atoms with E-state index in [1.807, 2.05) is 0 Å². The molecule has 0 aliphatic heterocycles. The SMILES string of the molecule is O=C1c2ccccc2-c2nn3c(C(F)(F)F)nnc3nc21. The first-order chi connectivity index (χ1) is 9.97. The van der Waals surface area contributed by atoms with Crippen molar-refractivity contribution in [1.29, 1.82) is 0 Å². The van der Waals surface area contributed by atoms with Gasteiger partial charge in [0.15, 0.2) is 0 Å². The summed E-state index contributed by atoms with van der Waals surface area (Å²) in [6.07, 6.45) is -4.70. The number of hydrogen-bond donors (Lipinski definition) is 0. The fourth-order valence-corrected chi connectivity index (χ4v) is 2.27. The van der Waals surface area contributed by atoms with Gasteiger partial charge < -0.3 is 0 Å². The summed E-state index contributed by atoms with van der Waals surface area (Å²) in [5, 5.41) is 10.2. The Labute approximate surface area is 114 Å². The van der Waals surface area contributed by atoms with Crippen molar-refractivity contribution < 1.29 is 18.0 Å². The Balaban J connectivity index is 2.07. The van der Waals surface area contributed by atoms with Gasteiger partial charge in [0.25, 0.3) is 11.6 Å². The Kier molecular flexibility index (Phi) is 2.06. The molecule has 1 aliphatic carbocycles.